The van der Waals surface area contributed by atoms with Gasteiger partial charge in [0.25, 0.3) is 0 Å². The number of hydrogen-bond donors (Lipinski definition) is 2. The number of aliphatic carboxylic acids is 1. The number of halogens is 1. The van der Waals surface area contributed by atoms with E-state index in [0.29, 0.717) is 13.0 Å². The number of carboxylic acids is 1. The molecule has 14 heavy (non-hydrogen) atoms. The Bertz CT molecular complexity index is 378. The standard InChI is InChI=1S/C10H10BrNO2/c11-8-3-1-2-6-5-12-9(10(13)14)4-7(6)8/h1-3,9,12H,4-5H2,(H,13,14). The van der Waals surface area contributed by atoms with E-state index in [2.05, 4.69) is 21.2 Å². The van der Waals surface area contributed by atoms with Gasteiger partial charge in [0.15, 0.2) is 0 Å². The van der Waals surface area contributed by atoms with E-state index in [-0.39, 0.29) is 0 Å². The Kier molecular flexibility index (Phi) is 2.56. The summed E-state index contributed by atoms with van der Waals surface area (Å²) in [7, 11) is 0. The van der Waals surface area contributed by atoms with Crippen molar-refractivity contribution in [1.82, 2.24) is 5.32 Å². The lowest BCUT2D eigenvalue weighted by atomic mass is 9.96. The smallest absolute Gasteiger partial charge is 0.321 e. The Labute approximate surface area is 90.3 Å². The number of nitrogens with one attached hydrogen (secondary N) is 1. The number of carbonyl (C=O) groups is 1. The zero-order chi connectivity index (χ0) is 10.1. The fraction of sp³-hybridized carbons (Fsp3) is 0.300. The second kappa shape index (κ2) is 3.71. The van der Waals surface area contributed by atoms with Crippen LogP contribution < -0.4 is 5.32 Å². The van der Waals surface area contributed by atoms with Crippen LogP contribution in [0.2, 0.25) is 0 Å². The molecular formula is C10H10BrNO2. The third kappa shape index (κ3) is 1.67. The molecule has 0 saturated carbocycles. The Balaban J connectivity index is 2.33. The number of fused-ring (bicyclic) bond motifs is 1. The molecule has 1 aliphatic heterocycles. The van der Waals surface area contributed by atoms with Gasteiger partial charge in [-0.05, 0) is 23.6 Å². The number of hydrogen-bond acceptors (Lipinski definition) is 2. The van der Waals surface area contributed by atoms with Gasteiger partial charge in [-0.2, -0.15) is 0 Å². The molecule has 4 heteroatoms. The summed E-state index contributed by atoms with van der Waals surface area (Å²) in [6.45, 7) is 0.631. The van der Waals surface area contributed by atoms with Gasteiger partial charge in [0.2, 0.25) is 0 Å². The lowest BCUT2D eigenvalue weighted by Crippen LogP contribution is -2.41. The van der Waals surface area contributed by atoms with Gasteiger partial charge in [0, 0.05) is 11.0 Å². The van der Waals surface area contributed by atoms with Crippen molar-refractivity contribution in [2.75, 3.05) is 0 Å². The van der Waals surface area contributed by atoms with Gasteiger partial charge < -0.3 is 10.4 Å². The van der Waals surface area contributed by atoms with E-state index >= 15 is 0 Å². The largest absolute Gasteiger partial charge is 0.480 e. The summed E-state index contributed by atoms with van der Waals surface area (Å²) in [6, 6.07) is 5.47. The monoisotopic (exact) mass is 255 g/mol. The summed E-state index contributed by atoms with van der Waals surface area (Å²) >= 11 is 3.44. The van der Waals surface area contributed by atoms with Crippen LogP contribution in [0.3, 0.4) is 0 Å². The highest BCUT2D eigenvalue weighted by atomic mass is 79.9. The second-order valence-electron chi connectivity index (χ2n) is 3.35. The minimum atomic E-state index is -0.786. The van der Waals surface area contributed by atoms with Crippen molar-refractivity contribution in [3.05, 3.63) is 33.8 Å². The highest BCUT2D eigenvalue weighted by molar-refractivity contribution is 9.10. The molecule has 0 aliphatic carbocycles. The van der Waals surface area contributed by atoms with Crippen molar-refractivity contribution in [2.45, 2.75) is 19.0 Å². The molecule has 1 heterocycles. The summed E-state index contributed by atoms with van der Waals surface area (Å²) < 4.78 is 1.00. The molecule has 0 radical (unpaired) electrons. The van der Waals surface area contributed by atoms with Crippen LogP contribution in [-0.2, 0) is 17.8 Å². The summed E-state index contributed by atoms with van der Waals surface area (Å²) in [4.78, 5) is 10.8. The van der Waals surface area contributed by atoms with Crippen LogP contribution in [0.1, 0.15) is 11.1 Å². The Morgan fingerprint density at radius 3 is 3.07 bits per heavy atom. The first kappa shape index (κ1) is 9.68. The molecule has 3 nitrogen and oxygen atoms in total. The Hall–Kier alpha value is -0.870. The van der Waals surface area contributed by atoms with Gasteiger partial charge in [0.05, 0.1) is 0 Å². The first-order valence-electron chi connectivity index (χ1n) is 4.41. The van der Waals surface area contributed by atoms with Crippen molar-refractivity contribution >= 4 is 21.9 Å². The maximum absolute atomic E-state index is 10.8. The lowest BCUT2D eigenvalue weighted by molar-refractivity contribution is -0.139. The van der Waals surface area contributed by atoms with Crippen LogP contribution in [0.25, 0.3) is 0 Å². The molecule has 0 bridgehead atoms. The second-order valence-corrected chi connectivity index (χ2v) is 4.21. The maximum atomic E-state index is 10.8. The van der Waals surface area contributed by atoms with Gasteiger partial charge >= 0.3 is 5.97 Å². The van der Waals surface area contributed by atoms with Crippen molar-refractivity contribution < 1.29 is 9.90 Å². The number of carboxylic acid groups (broad SMARTS) is 1. The minimum Gasteiger partial charge on any atom is -0.480 e. The maximum Gasteiger partial charge on any atom is 0.321 e. The minimum absolute atomic E-state index is 0.457. The Morgan fingerprint density at radius 2 is 2.36 bits per heavy atom. The normalized spacial score (nSPS) is 20.2. The predicted octanol–water partition coefficient (Wildman–Crippen LogP) is 1.55. The quantitative estimate of drug-likeness (QED) is 0.801. The fourth-order valence-electron chi connectivity index (χ4n) is 1.68. The van der Waals surface area contributed by atoms with Crippen LogP contribution in [0, 0.1) is 0 Å². The van der Waals surface area contributed by atoms with E-state index in [4.69, 9.17) is 5.11 Å². The summed E-state index contributed by atoms with van der Waals surface area (Å²) in [5.74, 6) is -0.786. The van der Waals surface area contributed by atoms with Crippen molar-refractivity contribution in [3.8, 4) is 0 Å². The molecule has 1 unspecified atom stereocenters. The molecule has 0 saturated heterocycles. The zero-order valence-electron chi connectivity index (χ0n) is 7.46. The van der Waals surface area contributed by atoms with Gasteiger partial charge in [0.1, 0.15) is 6.04 Å². The van der Waals surface area contributed by atoms with Crippen LogP contribution >= 0.6 is 15.9 Å². The molecule has 1 aromatic rings. The van der Waals surface area contributed by atoms with Gasteiger partial charge in [-0.1, -0.05) is 28.1 Å². The first-order chi connectivity index (χ1) is 6.68. The molecule has 0 fully saturated rings. The molecule has 0 amide bonds. The van der Waals surface area contributed by atoms with Gasteiger partial charge in [-0.25, -0.2) is 0 Å². The van der Waals surface area contributed by atoms with Crippen LogP contribution in [0.15, 0.2) is 22.7 Å². The average molecular weight is 256 g/mol. The molecule has 1 aromatic carbocycles. The van der Waals surface area contributed by atoms with E-state index in [1.165, 1.54) is 5.56 Å². The van der Waals surface area contributed by atoms with Gasteiger partial charge in [-0.15, -0.1) is 0 Å². The van der Waals surface area contributed by atoms with E-state index in [1.54, 1.807) is 0 Å². The lowest BCUT2D eigenvalue weighted by Gasteiger charge is -2.23. The average Bonchev–Trinajstić information content (AvgIpc) is 2.18. The highest BCUT2D eigenvalue weighted by Crippen LogP contribution is 2.25. The molecule has 2 rings (SSSR count). The van der Waals surface area contributed by atoms with Crippen molar-refractivity contribution in [3.63, 3.8) is 0 Å². The van der Waals surface area contributed by atoms with E-state index in [1.807, 2.05) is 18.2 Å². The summed E-state index contributed by atoms with van der Waals surface area (Å²) in [5.41, 5.74) is 2.29. The molecular weight excluding hydrogens is 246 g/mol. The zero-order valence-corrected chi connectivity index (χ0v) is 9.04. The molecule has 0 spiro atoms. The first-order valence-corrected chi connectivity index (χ1v) is 5.20. The molecule has 1 aliphatic rings. The predicted molar refractivity (Wildman–Crippen MR) is 56.1 cm³/mol. The van der Waals surface area contributed by atoms with E-state index in [9.17, 15) is 4.79 Å². The molecule has 1 atom stereocenters. The number of rotatable bonds is 1. The summed E-state index contributed by atoms with van der Waals surface area (Å²) in [6.07, 6.45) is 0.548. The molecule has 2 N–H and O–H groups in total. The Morgan fingerprint density at radius 1 is 1.57 bits per heavy atom. The van der Waals surface area contributed by atoms with Crippen LogP contribution in [-0.4, -0.2) is 17.1 Å². The van der Waals surface area contributed by atoms with E-state index < -0.39 is 12.0 Å². The van der Waals surface area contributed by atoms with Crippen LogP contribution in [0.5, 0.6) is 0 Å². The summed E-state index contributed by atoms with van der Waals surface area (Å²) in [5, 5.41) is 11.9. The number of benzene rings is 1. The highest BCUT2D eigenvalue weighted by Gasteiger charge is 2.24. The topological polar surface area (TPSA) is 49.3 Å². The SMILES string of the molecule is O=C(O)C1Cc2c(Br)cccc2CN1. The molecule has 74 valence electrons. The van der Waals surface area contributed by atoms with Crippen molar-refractivity contribution in [1.29, 1.82) is 0 Å². The third-order valence-corrected chi connectivity index (χ3v) is 3.20. The van der Waals surface area contributed by atoms with Gasteiger partial charge in [-0.3, -0.25) is 4.79 Å². The van der Waals surface area contributed by atoms with Crippen molar-refractivity contribution in [2.24, 2.45) is 0 Å². The third-order valence-electron chi connectivity index (χ3n) is 2.46. The van der Waals surface area contributed by atoms with E-state index in [0.717, 1.165) is 10.0 Å². The molecule has 0 aromatic heterocycles. The fourth-order valence-corrected chi connectivity index (χ4v) is 2.25. The van der Waals surface area contributed by atoms with Crippen LogP contribution in [0.4, 0.5) is 0 Å².